The van der Waals surface area contributed by atoms with Gasteiger partial charge < -0.3 is 9.80 Å². The average molecular weight is 533 g/mol. The molecular weight excluding hydrogens is 496 g/mol. The molecule has 6 heteroatoms. The molecule has 0 N–H and O–H groups in total. The Bertz CT molecular complexity index is 1120. The smallest absolute Gasteiger partial charge is 0.234 e. The van der Waals surface area contributed by atoms with Gasteiger partial charge >= 0.3 is 0 Å². The predicted octanol–water partition coefficient (Wildman–Crippen LogP) is 6.09. The topological polar surface area (TPSA) is 88.2 Å². The summed E-state index contributed by atoms with van der Waals surface area (Å²) >= 11 is 0. The van der Waals surface area contributed by atoms with Crippen LogP contribution in [0.1, 0.15) is 34.1 Å². The Kier molecular flexibility index (Phi) is 14.9. The van der Waals surface area contributed by atoms with Crippen LogP contribution >= 0.6 is 0 Å². The van der Waals surface area contributed by atoms with Gasteiger partial charge in [-0.25, -0.2) is 10.5 Å². The van der Waals surface area contributed by atoms with Gasteiger partial charge in [-0.3, -0.25) is 9.59 Å². The molecule has 0 radical (unpaired) electrons. The van der Waals surface area contributed by atoms with Crippen LogP contribution in [-0.2, 0) is 9.59 Å². The molecule has 4 aromatic carbocycles. The van der Waals surface area contributed by atoms with Gasteiger partial charge in [0.25, 0.3) is 0 Å². The molecule has 0 fully saturated rings. The number of carbonyl (C=O) groups excluding carboxylic acids is 2. The fourth-order valence-electron chi connectivity index (χ4n) is 4.05. The summed E-state index contributed by atoms with van der Waals surface area (Å²) in [5, 5.41) is 13.0. The zero-order valence-electron chi connectivity index (χ0n) is 23.5. The lowest BCUT2D eigenvalue weighted by Crippen LogP contribution is -2.28. The van der Waals surface area contributed by atoms with E-state index in [9.17, 15) is 9.59 Å². The molecule has 0 atom stereocenters. The van der Waals surface area contributed by atoms with Crippen molar-refractivity contribution in [1.82, 2.24) is 9.80 Å². The van der Waals surface area contributed by atoms with Gasteiger partial charge in [-0.1, -0.05) is 121 Å². The first-order valence-corrected chi connectivity index (χ1v) is 12.5. The van der Waals surface area contributed by atoms with Crippen molar-refractivity contribution in [3.8, 4) is 13.1 Å². The normalized spacial score (nSPS) is 9.45. The van der Waals surface area contributed by atoms with E-state index in [-0.39, 0.29) is 23.7 Å². The molecule has 40 heavy (non-hydrogen) atoms. The van der Waals surface area contributed by atoms with Crippen molar-refractivity contribution in [2.24, 2.45) is 0 Å². The maximum absolute atomic E-state index is 12.4. The maximum atomic E-state index is 12.4. The van der Waals surface area contributed by atoms with Crippen LogP contribution in [0.3, 0.4) is 0 Å². The van der Waals surface area contributed by atoms with Crippen molar-refractivity contribution in [3.05, 3.63) is 144 Å². The van der Waals surface area contributed by atoms with Gasteiger partial charge in [-0.05, 0) is 22.3 Å². The minimum Gasteiger partial charge on any atom is -0.348 e. The highest BCUT2D eigenvalue weighted by Crippen LogP contribution is 2.27. The average Bonchev–Trinajstić information content (AvgIpc) is 3.02. The van der Waals surface area contributed by atoms with Crippen LogP contribution in [0.25, 0.3) is 0 Å². The van der Waals surface area contributed by atoms with Gasteiger partial charge in [-0.15, -0.1) is 0 Å². The highest BCUT2D eigenvalue weighted by atomic mass is 16.2. The lowest BCUT2D eigenvalue weighted by Gasteiger charge is -2.21. The molecule has 0 unspecified atom stereocenters. The molecule has 0 saturated heterocycles. The van der Waals surface area contributed by atoms with Gasteiger partial charge in [-0.2, -0.15) is 0 Å². The van der Waals surface area contributed by atoms with Gasteiger partial charge in [0.2, 0.25) is 11.8 Å². The third-order valence-electron chi connectivity index (χ3n) is 5.91. The Labute approximate surface area is 238 Å². The molecule has 0 aliphatic heterocycles. The number of hydrogen-bond donors (Lipinski definition) is 0. The quantitative estimate of drug-likeness (QED) is 0.300. The summed E-state index contributed by atoms with van der Waals surface area (Å²) in [7, 11) is 7.17. The zero-order chi connectivity index (χ0) is 29.9. The van der Waals surface area contributed by atoms with Crippen LogP contribution in [0.4, 0.5) is 0 Å². The SMILES string of the molecule is C#N.C#N.CN(C)C(=O)C(c1ccccc1)c1ccccc1.CN(C)C(=O)C(c1ccccc1)c1ccccc1. The lowest BCUT2D eigenvalue weighted by molar-refractivity contribution is -0.130. The number of nitriles is 2. The molecule has 6 nitrogen and oxygen atoms in total. The second-order valence-electron chi connectivity index (χ2n) is 8.97. The van der Waals surface area contributed by atoms with E-state index in [1.165, 1.54) is 0 Å². The Morgan fingerprint density at radius 2 is 0.625 bits per heavy atom. The summed E-state index contributed by atoms with van der Waals surface area (Å²) in [6.45, 7) is 7.00. The van der Waals surface area contributed by atoms with Crippen LogP contribution < -0.4 is 0 Å². The van der Waals surface area contributed by atoms with Crippen molar-refractivity contribution >= 4 is 11.8 Å². The van der Waals surface area contributed by atoms with E-state index in [1.807, 2.05) is 121 Å². The van der Waals surface area contributed by atoms with E-state index < -0.39 is 0 Å². The van der Waals surface area contributed by atoms with Crippen molar-refractivity contribution in [3.63, 3.8) is 0 Å². The van der Waals surface area contributed by atoms with Crippen molar-refractivity contribution in [2.75, 3.05) is 28.2 Å². The highest BCUT2D eigenvalue weighted by Gasteiger charge is 2.24. The third kappa shape index (κ3) is 9.59. The fourth-order valence-corrected chi connectivity index (χ4v) is 4.05. The fraction of sp³-hybridized carbons (Fsp3) is 0.176. The highest BCUT2D eigenvalue weighted by molar-refractivity contribution is 5.87. The first-order chi connectivity index (χ1) is 19.4. The number of rotatable bonds is 6. The summed E-state index contributed by atoms with van der Waals surface area (Å²) < 4.78 is 0. The third-order valence-corrected chi connectivity index (χ3v) is 5.91. The number of nitrogens with zero attached hydrogens (tertiary/aromatic N) is 4. The second kappa shape index (κ2) is 18.1. The molecule has 204 valence electrons. The maximum Gasteiger partial charge on any atom is 0.234 e. The lowest BCUT2D eigenvalue weighted by atomic mass is 9.90. The van der Waals surface area contributed by atoms with Gasteiger partial charge in [0, 0.05) is 41.3 Å². The van der Waals surface area contributed by atoms with E-state index in [2.05, 4.69) is 13.1 Å². The van der Waals surface area contributed by atoms with Crippen LogP contribution in [0.15, 0.2) is 121 Å². The molecule has 0 aromatic heterocycles. The van der Waals surface area contributed by atoms with E-state index >= 15 is 0 Å². The molecule has 4 rings (SSSR count). The number of hydrogen-bond acceptors (Lipinski definition) is 4. The second-order valence-corrected chi connectivity index (χ2v) is 8.97. The summed E-state index contributed by atoms with van der Waals surface area (Å²) in [6.07, 6.45) is 0. The van der Waals surface area contributed by atoms with Crippen LogP contribution in [0.5, 0.6) is 0 Å². The first kappa shape index (κ1) is 32.8. The van der Waals surface area contributed by atoms with E-state index in [1.54, 1.807) is 38.0 Å². The molecular formula is C34H36N4O2. The Balaban J connectivity index is 0.000000356. The number of amides is 2. The summed E-state index contributed by atoms with van der Waals surface area (Å²) in [5.74, 6) is -0.232. The number of benzene rings is 4. The number of likely N-dealkylation sites (N-methyl/N-ethyl adjacent to an activating group) is 2. The summed E-state index contributed by atoms with van der Waals surface area (Å²) in [6, 6.07) is 39.6. The molecule has 0 aliphatic rings. The van der Waals surface area contributed by atoms with Gasteiger partial charge in [0.1, 0.15) is 0 Å². The van der Waals surface area contributed by atoms with Crippen LogP contribution in [0.2, 0.25) is 0 Å². The minimum absolute atomic E-state index is 0.104. The van der Waals surface area contributed by atoms with E-state index in [4.69, 9.17) is 10.5 Å². The summed E-state index contributed by atoms with van der Waals surface area (Å²) in [5.41, 5.74) is 4.12. The van der Waals surface area contributed by atoms with E-state index in [0.717, 1.165) is 22.3 Å². The predicted molar refractivity (Wildman–Crippen MR) is 160 cm³/mol. The van der Waals surface area contributed by atoms with Gasteiger partial charge in [0.15, 0.2) is 0 Å². The molecule has 0 spiro atoms. The standard InChI is InChI=1S/2C16H17NO.2CHN/c2*1-17(2)16(18)15(13-9-5-3-6-10-13)14-11-7-4-8-12-14;2*1-2/h2*3-12,15H,1-2H3;2*1H. The molecule has 0 bridgehead atoms. The Hall–Kier alpha value is -5.20. The largest absolute Gasteiger partial charge is 0.348 e. The van der Waals surface area contributed by atoms with E-state index in [0.29, 0.717) is 0 Å². The monoisotopic (exact) mass is 532 g/mol. The molecule has 0 heterocycles. The number of carbonyl (C=O) groups is 2. The minimum atomic E-state index is -0.220. The van der Waals surface area contributed by atoms with Crippen molar-refractivity contribution < 1.29 is 9.59 Å². The van der Waals surface area contributed by atoms with Crippen molar-refractivity contribution in [1.29, 1.82) is 10.5 Å². The Morgan fingerprint density at radius 3 is 0.775 bits per heavy atom. The summed E-state index contributed by atoms with van der Waals surface area (Å²) in [4.78, 5) is 28.0. The molecule has 0 aliphatic carbocycles. The van der Waals surface area contributed by atoms with Crippen LogP contribution in [-0.4, -0.2) is 49.8 Å². The van der Waals surface area contributed by atoms with Gasteiger partial charge in [0.05, 0.1) is 11.8 Å². The molecule has 4 aromatic rings. The first-order valence-electron chi connectivity index (χ1n) is 12.5. The zero-order valence-corrected chi connectivity index (χ0v) is 23.5. The van der Waals surface area contributed by atoms with Crippen LogP contribution in [0, 0.1) is 23.7 Å². The molecule has 0 saturated carbocycles. The molecule has 2 amide bonds. The van der Waals surface area contributed by atoms with Crippen molar-refractivity contribution in [2.45, 2.75) is 11.8 Å². The Morgan fingerprint density at radius 1 is 0.450 bits per heavy atom.